The van der Waals surface area contributed by atoms with E-state index in [-0.39, 0.29) is 12.5 Å². The van der Waals surface area contributed by atoms with Crippen LogP contribution in [0.5, 0.6) is 0 Å². The van der Waals surface area contributed by atoms with Crippen LogP contribution in [0.3, 0.4) is 0 Å². The van der Waals surface area contributed by atoms with E-state index in [1.54, 1.807) is 18.2 Å². The number of carbonyl (C=O) groups is 1. The van der Waals surface area contributed by atoms with Crippen LogP contribution < -0.4 is 4.90 Å². The molecule has 0 radical (unpaired) electrons. The van der Waals surface area contributed by atoms with Crippen LogP contribution in [0.4, 0.5) is 5.69 Å². The molecule has 0 aliphatic heterocycles. The lowest BCUT2D eigenvalue weighted by atomic mass is 10.1. The summed E-state index contributed by atoms with van der Waals surface area (Å²) >= 11 is 5.98. The van der Waals surface area contributed by atoms with Crippen LogP contribution in [-0.4, -0.2) is 23.7 Å². The average Bonchev–Trinajstić information content (AvgIpc) is 2.29. The van der Waals surface area contributed by atoms with E-state index in [9.17, 15) is 4.79 Å². The van der Waals surface area contributed by atoms with Gasteiger partial charge in [-0.3, -0.25) is 4.79 Å². The average molecular weight is 267 g/mol. The number of aliphatic carboxylic acids is 1. The minimum Gasteiger partial charge on any atom is -0.481 e. The Balaban J connectivity index is 3.13. The first-order valence-electron chi connectivity index (χ1n) is 5.68. The molecule has 0 heterocycles. The van der Waals surface area contributed by atoms with Crippen molar-refractivity contribution in [2.45, 2.75) is 26.3 Å². The third-order valence-electron chi connectivity index (χ3n) is 2.76. The second-order valence-electron chi connectivity index (χ2n) is 3.98. The number of rotatable bonds is 5. The van der Waals surface area contributed by atoms with Gasteiger partial charge in [0.05, 0.1) is 22.7 Å². The van der Waals surface area contributed by atoms with Crippen molar-refractivity contribution in [3.63, 3.8) is 0 Å². The first-order valence-corrected chi connectivity index (χ1v) is 6.06. The number of benzene rings is 1. The highest BCUT2D eigenvalue weighted by molar-refractivity contribution is 6.32. The van der Waals surface area contributed by atoms with Crippen LogP contribution in [0, 0.1) is 11.3 Å². The summed E-state index contributed by atoms with van der Waals surface area (Å²) in [7, 11) is 0. The van der Waals surface area contributed by atoms with Gasteiger partial charge >= 0.3 is 5.97 Å². The Hall–Kier alpha value is -1.73. The lowest BCUT2D eigenvalue weighted by Gasteiger charge is -2.30. The van der Waals surface area contributed by atoms with Crippen LogP contribution in [0.2, 0.25) is 5.02 Å². The number of nitriles is 1. The molecule has 5 heteroatoms. The molecule has 1 unspecified atom stereocenters. The molecule has 1 aromatic rings. The van der Waals surface area contributed by atoms with Crippen molar-refractivity contribution >= 4 is 23.3 Å². The predicted octanol–water partition coefficient (Wildman–Crippen LogP) is 2.90. The third-order valence-corrected chi connectivity index (χ3v) is 3.07. The second-order valence-corrected chi connectivity index (χ2v) is 4.39. The molecule has 4 nitrogen and oxygen atoms in total. The largest absolute Gasteiger partial charge is 0.481 e. The summed E-state index contributed by atoms with van der Waals surface area (Å²) < 4.78 is 0. The van der Waals surface area contributed by atoms with Crippen molar-refractivity contribution in [1.29, 1.82) is 5.26 Å². The zero-order valence-electron chi connectivity index (χ0n) is 10.4. The highest BCUT2D eigenvalue weighted by Crippen LogP contribution is 2.28. The summed E-state index contributed by atoms with van der Waals surface area (Å²) in [6.45, 7) is 4.35. The molecule has 96 valence electrons. The Morgan fingerprint density at radius 3 is 2.78 bits per heavy atom. The molecule has 0 aliphatic carbocycles. The molecule has 1 rings (SSSR count). The summed E-state index contributed by atoms with van der Waals surface area (Å²) in [6.07, 6.45) is 0.0191. The fraction of sp³-hybridized carbons (Fsp3) is 0.385. The number of carboxylic acids is 1. The van der Waals surface area contributed by atoms with Crippen molar-refractivity contribution in [2.24, 2.45) is 0 Å². The normalized spacial score (nSPS) is 11.7. The van der Waals surface area contributed by atoms with Gasteiger partial charge in [-0.2, -0.15) is 5.26 Å². The molecule has 18 heavy (non-hydrogen) atoms. The molecule has 0 spiro atoms. The van der Waals surface area contributed by atoms with Gasteiger partial charge in [-0.15, -0.1) is 0 Å². The summed E-state index contributed by atoms with van der Waals surface area (Å²) in [5.41, 5.74) is 1.07. The van der Waals surface area contributed by atoms with E-state index in [1.807, 2.05) is 18.7 Å². The fourth-order valence-corrected chi connectivity index (χ4v) is 2.16. The zero-order valence-corrected chi connectivity index (χ0v) is 11.1. The van der Waals surface area contributed by atoms with E-state index in [4.69, 9.17) is 22.0 Å². The van der Waals surface area contributed by atoms with Gasteiger partial charge in [0.1, 0.15) is 6.07 Å². The van der Waals surface area contributed by atoms with Gasteiger partial charge < -0.3 is 10.0 Å². The zero-order chi connectivity index (χ0) is 13.7. The van der Waals surface area contributed by atoms with Crippen molar-refractivity contribution in [2.75, 3.05) is 11.4 Å². The van der Waals surface area contributed by atoms with Crippen molar-refractivity contribution in [3.05, 3.63) is 28.8 Å². The van der Waals surface area contributed by atoms with E-state index >= 15 is 0 Å². The van der Waals surface area contributed by atoms with Crippen molar-refractivity contribution in [1.82, 2.24) is 0 Å². The van der Waals surface area contributed by atoms with E-state index in [1.165, 1.54) is 0 Å². The minimum atomic E-state index is -0.860. The Morgan fingerprint density at radius 1 is 1.61 bits per heavy atom. The highest BCUT2D eigenvalue weighted by Gasteiger charge is 2.19. The van der Waals surface area contributed by atoms with Gasteiger partial charge in [0.15, 0.2) is 0 Å². The number of hydrogen-bond acceptors (Lipinski definition) is 3. The molecule has 0 bridgehead atoms. The molecule has 0 aliphatic rings. The number of carboxylic acid groups (broad SMARTS) is 1. The summed E-state index contributed by atoms with van der Waals surface area (Å²) in [4.78, 5) is 12.6. The monoisotopic (exact) mass is 266 g/mol. The van der Waals surface area contributed by atoms with Crippen LogP contribution in [-0.2, 0) is 4.79 Å². The molecule has 1 aromatic carbocycles. The van der Waals surface area contributed by atoms with Crippen LogP contribution in [0.1, 0.15) is 25.8 Å². The maximum Gasteiger partial charge on any atom is 0.305 e. The molecule has 0 fully saturated rings. The van der Waals surface area contributed by atoms with E-state index in [0.29, 0.717) is 22.8 Å². The first kappa shape index (κ1) is 14.3. The quantitative estimate of drug-likeness (QED) is 0.890. The maximum atomic E-state index is 10.8. The second kappa shape index (κ2) is 6.27. The van der Waals surface area contributed by atoms with E-state index in [0.717, 1.165) is 0 Å². The van der Waals surface area contributed by atoms with Crippen LogP contribution >= 0.6 is 11.6 Å². The summed E-state index contributed by atoms with van der Waals surface area (Å²) in [5.74, 6) is -0.860. The van der Waals surface area contributed by atoms with Crippen molar-refractivity contribution in [3.8, 4) is 6.07 Å². The van der Waals surface area contributed by atoms with Crippen LogP contribution in [0.15, 0.2) is 18.2 Å². The minimum absolute atomic E-state index is 0.0191. The highest BCUT2D eigenvalue weighted by atomic mass is 35.5. The molecular formula is C13H15ClN2O2. The molecule has 1 N–H and O–H groups in total. The number of halogens is 1. The van der Waals surface area contributed by atoms with Gasteiger partial charge in [0, 0.05) is 12.6 Å². The molecule has 0 amide bonds. The summed E-state index contributed by atoms with van der Waals surface area (Å²) in [5, 5.41) is 18.4. The fourth-order valence-electron chi connectivity index (χ4n) is 1.95. The van der Waals surface area contributed by atoms with E-state index < -0.39 is 5.97 Å². The Bertz CT molecular complexity index is 482. The smallest absolute Gasteiger partial charge is 0.305 e. The number of nitrogens with zero attached hydrogens (tertiary/aromatic N) is 2. The number of hydrogen-bond donors (Lipinski definition) is 1. The molecule has 0 saturated heterocycles. The molecular weight excluding hydrogens is 252 g/mol. The first-order chi connectivity index (χ1) is 8.51. The molecule has 0 saturated carbocycles. The van der Waals surface area contributed by atoms with Crippen molar-refractivity contribution < 1.29 is 9.90 Å². The Labute approximate surface area is 111 Å². The molecule has 1 atom stereocenters. The standard InChI is InChI=1S/C13H15ClN2O2/c1-3-16(9(2)7-13(17)18)12-6-4-5-11(14)10(12)8-15/h4-6,9H,3,7H2,1-2H3,(H,17,18). The Kier molecular flexibility index (Phi) is 4.99. The maximum absolute atomic E-state index is 10.8. The van der Waals surface area contributed by atoms with Gasteiger partial charge in [-0.25, -0.2) is 0 Å². The van der Waals surface area contributed by atoms with Gasteiger partial charge in [-0.05, 0) is 26.0 Å². The topological polar surface area (TPSA) is 64.3 Å². The van der Waals surface area contributed by atoms with Gasteiger partial charge in [0.25, 0.3) is 0 Å². The third kappa shape index (κ3) is 3.14. The molecule has 0 aromatic heterocycles. The lowest BCUT2D eigenvalue weighted by molar-refractivity contribution is -0.137. The van der Waals surface area contributed by atoms with Crippen LogP contribution in [0.25, 0.3) is 0 Å². The summed E-state index contributed by atoms with van der Waals surface area (Å²) in [6, 6.07) is 7.06. The lowest BCUT2D eigenvalue weighted by Crippen LogP contribution is -2.35. The number of anilines is 1. The Morgan fingerprint density at radius 2 is 2.28 bits per heavy atom. The predicted molar refractivity (Wildman–Crippen MR) is 70.9 cm³/mol. The SMILES string of the molecule is CCN(c1cccc(Cl)c1C#N)C(C)CC(=O)O. The van der Waals surface area contributed by atoms with E-state index in [2.05, 4.69) is 6.07 Å². The van der Waals surface area contributed by atoms with Gasteiger partial charge in [0.2, 0.25) is 0 Å². The van der Waals surface area contributed by atoms with Gasteiger partial charge in [-0.1, -0.05) is 17.7 Å².